The van der Waals surface area contributed by atoms with Crippen LogP contribution >= 0.6 is 0 Å². The molecule has 1 saturated carbocycles. The lowest BCUT2D eigenvalue weighted by molar-refractivity contribution is 0.0269. The van der Waals surface area contributed by atoms with Gasteiger partial charge in [0.15, 0.2) is 0 Å². The van der Waals surface area contributed by atoms with Crippen molar-refractivity contribution < 1.29 is 14.6 Å². The first kappa shape index (κ1) is 14.6. The maximum atomic E-state index is 12.0. The van der Waals surface area contributed by atoms with Crippen LogP contribution in [0.2, 0.25) is 0 Å². The van der Waals surface area contributed by atoms with Crippen molar-refractivity contribution in [2.24, 2.45) is 11.8 Å². The van der Waals surface area contributed by atoms with E-state index in [4.69, 9.17) is 4.74 Å². The molecule has 4 heteroatoms. The van der Waals surface area contributed by atoms with Crippen LogP contribution in [0.1, 0.15) is 52.9 Å². The van der Waals surface area contributed by atoms with Gasteiger partial charge < -0.3 is 14.7 Å². The first-order valence-corrected chi connectivity index (χ1v) is 7.53. The zero-order valence-corrected chi connectivity index (χ0v) is 12.4. The molecule has 0 aromatic heterocycles. The van der Waals surface area contributed by atoms with Crippen molar-refractivity contribution in [1.82, 2.24) is 4.90 Å². The van der Waals surface area contributed by atoms with Crippen molar-refractivity contribution in [1.29, 1.82) is 0 Å². The second kappa shape index (κ2) is 5.70. The normalized spacial score (nSPS) is 29.6. The molecule has 1 aliphatic heterocycles. The van der Waals surface area contributed by atoms with Crippen LogP contribution in [-0.2, 0) is 4.74 Å². The highest BCUT2D eigenvalue weighted by atomic mass is 16.6. The average molecular weight is 269 g/mol. The fourth-order valence-corrected chi connectivity index (χ4v) is 3.31. The summed E-state index contributed by atoms with van der Waals surface area (Å²) >= 11 is 0. The lowest BCUT2D eigenvalue weighted by Crippen LogP contribution is -2.36. The van der Waals surface area contributed by atoms with E-state index < -0.39 is 5.60 Å². The van der Waals surface area contributed by atoms with Crippen molar-refractivity contribution in [3.05, 3.63) is 0 Å². The van der Waals surface area contributed by atoms with Gasteiger partial charge in [-0.15, -0.1) is 0 Å². The molecule has 0 radical (unpaired) electrons. The van der Waals surface area contributed by atoms with Gasteiger partial charge in [0.25, 0.3) is 0 Å². The first-order chi connectivity index (χ1) is 8.87. The van der Waals surface area contributed by atoms with E-state index in [-0.39, 0.29) is 18.1 Å². The molecule has 1 heterocycles. The Morgan fingerprint density at radius 1 is 1.16 bits per heavy atom. The van der Waals surface area contributed by atoms with Gasteiger partial charge >= 0.3 is 6.09 Å². The molecule has 0 bridgehead atoms. The molecular formula is C15H27NO3. The van der Waals surface area contributed by atoms with Crippen molar-refractivity contribution in [2.75, 3.05) is 13.1 Å². The van der Waals surface area contributed by atoms with Crippen LogP contribution in [0, 0.1) is 11.8 Å². The topological polar surface area (TPSA) is 49.8 Å². The second-order valence-corrected chi connectivity index (χ2v) is 7.01. The molecule has 1 saturated heterocycles. The van der Waals surface area contributed by atoms with E-state index in [1.54, 1.807) is 4.90 Å². The third kappa shape index (κ3) is 3.85. The van der Waals surface area contributed by atoms with Crippen LogP contribution in [0.25, 0.3) is 0 Å². The summed E-state index contributed by atoms with van der Waals surface area (Å²) in [4.78, 5) is 13.7. The largest absolute Gasteiger partial charge is 0.444 e. The van der Waals surface area contributed by atoms with Crippen LogP contribution in [0.4, 0.5) is 4.79 Å². The number of amides is 1. The van der Waals surface area contributed by atoms with Crippen LogP contribution in [0.5, 0.6) is 0 Å². The molecule has 0 spiro atoms. The van der Waals surface area contributed by atoms with Gasteiger partial charge in [-0.25, -0.2) is 4.79 Å². The number of aliphatic hydroxyl groups is 1. The number of rotatable bonds is 1. The maximum Gasteiger partial charge on any atom is 0.410 e. The number of likely N-dealkylation sites (tertiary alicyclic amines) is 1. The third-order valence-electron chi connectivity index (χ3n) is 4.24. The summed E-state index contributed by atoms with van der Waals surface area (Å²) in [6, 6.07) is 0. The summed E-state index contributed by atoms with van der Waals surface area (Å²) < 4.78 is 5.38. The van der Waals surface area contributed by atoms with Gasteiger partial charge in [-0.1, -0.05) is 32.1 Å². The molecule has 0 aromatic rings. The molecule has 19 heavy (non-hydrogen) atoms. The van der Waals surface area contributed by atoms with Gasteiger partial charge in [0.2, 0.25) is 0 Å². The van der Waals surface area contributed by atoms with E-state index in [0.717, 1.165) is 0 Å². The predicted octanol–water partition coefficient (Wildman–Crippen LogP) is 2.79. The Hall–Kier alpha value is -0.770. The Labute approximate surface area is 116 Å². The summed E-state index contributed by atoms with van der Waals surface area (Å²) in [5.74, 6) is 0.823. The van der Waals surface area contributed by atoms with Gasteiger partial charge in [0, 0.05) is 12.5 Å². The fourth-order valence-electron chi connectivity index (χ4n) is 3.31. The first-order valence-electron chi connectivity index (χ1n) is 7.53. The van der Waals surface area contributed by atoms with Gasteiger partial charge in [-0.2, -0.15) is 0 Å². The number of β-amino-alcohol motifs (C(OH)–C–C–N with tert-alkyl or cyclic N) is 1. The van der Waals surface area contributed by atoms with Crippen LogP contribution < -0.4 is 0 Å². The minimum absolute atomic E-state index is 0.243. The fraction of sp³-hybridized carbons (Fsp3) is 0.933. The summed E-state index contributed by atoms with van der Waals surface area (Å²) in [5, 5.41) is 10.2. The number of carbonyl (C=O) groups excluding carboxylic acids is 1. The van der Waals surface area contributed by atoms with Crippen LogP contribution in [-0.4, -0.2) is 40.9 Å². The monoisotopic (exact) mass is 269 g/mol. The summed E-state index contributed by atoms with van der Waals surface area (Å²) in [6.07, 6.45) is 5.57. The number of aliphatic hydroxyl groups excluding tert-OH is 1. The standard InChI is InChI=1S/C15H27NO3/c1-15(2,3)19-14(18)16-9-12(13(17)10-16)11-7-5-4-6-8-11/h11-13,17H,4-10H2,1-3H3. The Kier molecular flexibility index (Phi) is 4.39. The number of hydrogen-bond acceptors (Lipinski definition) is 3. The summed E-state index contributed by atoms with van der Waals surface area (Å²) in [6.45, 7) is 6.69. The van der Waals surface area contributed by atoms with E-state index in [2.05, 4.69) is 0 Å². The molecule has 1 amide bonds. The van der Waals surface area contributed by atoms with Crippen molar-refractivity contribution in [2.45, 2.75) is 64.6 Å². The highest BCUT2D eigenvalue weighted by Crippen LogP contribution is 2.35. The van der Waals surface area contributed by atoms with E-state index in [1.807, 2.05) is 20.8 Å². The second-order valence-electron chi connectivity index (χ2n) is 7.01. The highest BCUT2D eigenvalue weighted by molar-refractivity contribution is 5.68. The summed E-state index contributed by atoms with van der Waals surface area (Å²) in [5.41, 5.74) is -0.467. The molecule has 1 N–H and O–H groups in total. The van der Waals surface area contributed by atoms with Crippen molar-refractivity contribution >= 4 is 6.09 Å². The molecule has 0 aromatic carbocycles. The van der Waals surface area contributed by atoms with Crippen LogP contribution in [0.3, 0.4) is 0 Å². The van der Waals surface area contributed by atoms with Gasteiger partial charge in [0.05, 0.1) is 12.6 Å². The van der Waals surface area contributed by atoms with Gasteiger partial charge in [-0.3, -0.25) is 0 Å². The molecule has 2 unspecified atom stereocenters. The molecule has 2 rings (SSSR count). The van der Waals surface area contributed by atoms with Crippen molar-refractivity contribution in [3.8, 4) is 0 Å². The zero-order chi connectivity index (χ0) is 14.0. The van der Waals surface area contributed by atoms with Gasteiger partial charge in [-0.05, 0) is 26.7 Å². The Morgan fingerprint density at radius 2 is 1.79 bits per heavy atom. The minimum atomic E-state index is -0.467. The quantitative estimate of drug-likeness (QED) is 0.796. The number of carbonyl (C=O) groups is 1. The molecule has 110 valence electrons. The lowest BCUT2D eigenvalue weighted by Gasteiger charge is -2.29. The number of ether oxygens (including phenoxy) is 1. The average Bonchev–Trinajstić information content (AvgIpc) is 2.70. The van der Waals surface area contributed by atoms with E-state index in [0.29, 0.717) is 19.0 Å². The predicted molar refractivity (Wildman–Crippen MR) is 73.9 cm³/mol. The highest BCUT2D eigenvalue weighted by Gasteiger charge is 2.40. The lowest BCUT2D eigenvalue weighted by atomic mass is 9.79. The molecular weight excluding hydrogens is 242 g/mol. The SMILES string of the molecule is CC(C)(C)OC(=O)N1CC(O)C(C2CCCCC2)C1. The Bertz CT molecular complexity index is 318. The van der Waals surface area contributed by atoms with E-state index in [9.17, 15) is 9.90 Å². The molecule has 4 nitrogen and oxygen atoms in total. The number of nitrogens with zero attached hydrogens (tertiary/aromatic N) is 1. The van der Waals surface area contributed by atoms with E-state index >= 15 is 0 Å². The molecule has 1 aliphatic carbocycles. The molecule has 2 atom stereocenters. The summed E-state index contributed by atoms with van der Waals surface area (Å²) in [7, 11) is 0. The Morgan fingerprint density at radius 3 is 2.37 bits per heavy atom. The maximum absolute atomic E-state index is 12.0. The van der Waals surface area contributed by atoms with E-state index in [1.165, 1.54) is 32.1 Å². The van der Waals surface area contributed by atoms with Crippen molar-refractivity contribution in [3.63, 3.8) is 0 Å². The Balaban J connectivity index is 1.91. The van der Waals surface area contributed by atoms with Gasteiger partial charge in [0.1, 0.15) is 5.60 Å². The number of hydrogen-bond donors (Lipinski definition) is 1. The smallest absolute Gasteiger partial charge is 0.410 e. The molecule has 2 fully saturated rings. The third-order valence-corrected chi connectivity index (χ3v) is 4.24. The molecule has 2 aliphatic rings. The van der Waals surface area contributed by atoms with Crippen LogP contribution in [0.15, 0.2) is 0 Å². The zero-order valence-electron chi connectivity index (χ0n) is 12.4. The minimum Gasteiger partial charge on any atom is -0.444 e.